The number of rotatable bonds is 3. The van der Waals surface area contributed by atoms with Gasteiger partial charge in [-0.1, -0.05) is 35.0 Å². The average Bonchev–Trinajstić information content (AvgIpc) is 3.08. The first-order valence-electron chi connectivity index (χ1n) is 7.76. The van der Waals surface area contributed by atoms with Crippen molar-refractivity contribution in [2.75, 3.05) is 6.54 Å². The lowest BCUT2D eigenvalue weighted by atomic mass is 10.0. The zero-order chi connectivity index (χ0) is 15.1. The Morgan fingerprint density at radius 2 is 2.09 bits per heavy atom. The summed E-state index contributed by atoms with van der Waals surface area (Å²) in [5.74, 6) is 1.25. The first kappa shape index (κ1) is 13.8. The van der Waals surface area contributed by atoms with Crippen LogP contribution in [0.25, 0.3) is 0 Å². The van der Waals surface area contributed by atoms with E-state index in [-0.39, 0.29) is 11.9 Å². The molecule has 114 valence electrons. The lowest BCUT2D eigenvalue weighted by Gasteiger charge is -2.24. The normalized spacial score (nSPS) is 21.3. The van der Waals surface area contributed by atoms with Gasteiger partial charge < -0.3 is 9.42 Å². The molecule has 1 aromatic carbocycles. The number of hydrogen-bond donors (Lipinski definition) is 0. The van der Waals surface area contributed by atoms with Crippen molar-refractivity contribution in [3.05, 3.63) is 52.4 Å². The zero-order valence-corrected chi connectivity index (χ0v) is 12.9. The molecule has 2 heterocycles. The molecule has 1 saturated heterocycles. The highest BCUT2D eigenvalue weighted by molar-refractivity contribution is 6.31. The molecule has 0 N–H and O–H groups in total. The highest BCUT2D eigenvalue weighted by Gasteiger charge is 2.34. The second kappa shape index (κ2) is 5.43. The van der Waals surface area contributed by atoms with Crippen molar-refractivity contribution < 1.29 is 9.32 Å². The van der Waals surface area contributed by atoms with Crippen molar-refractivity contribution in [1.29, 1.82) is 0 Å². The predicted molar refractivity (Wildman–Crippen MR) is 82.9 cm³/mol. The summed E-state index contributed by atoms with van der Waals surface area (Å²) in [4.78, 5) is 14.6. The van der Waals surface area contributed by atoms with Gasteiger partial charge in [-0.15, -0.1) is 0 Å². The number of aromatic nitrogens is 1. The Bertz CT molecular complexity index is 708. The van der Waals surface area contributed by atoms with Gasteiger partial charge in [0.1, 0.15) is 5.76 Å². The molecule has 2 aromatic rings. The van der Waals surface area contributed by atoms with Crippen LogP contribution in [0.3, 0.4) is 0 Å². The summed E-state index contributed by atoms with van der Waals surface area (Å²) in [6.07, 6.45) is 4.18. The topological polar surface area (TPSA) is 46.3 Å². The monoisotopic (exact) mass is 316 g/mol. The van der Waals surface area contributed by atoms with Crippen LogP contribution in [0, 0.1) is 0 Å². The van der Waals surface area contributed by atoms with Crippen LogP contribution in [0.2, 0.25) is 5.02 Å². The Hall–Kier alpha value is -1.81. The van der Waals surface area contributed by atoms with Gasteiger partial charge in [0.15, 0.2) is 5.69 Å². The molecule has 4 nitrogen and oxygen atoms in total. The second-order valence-electron chi connectivity index (χ2n) is 6.07. The number of hydrogen-bond acceptors (Lipinski definition) is 3. The molecule has 1 atom stereocenters. The fourth-order valence-corrected chi connectivity index (χ4v) is 3.44. The van der Waals surface area contributed by atoms with Crippen LogP contribution >= 0.6 is 11.6 Å². The van der Waals surface area contributed by atoms with Gasteiger partial charge in [0, 0.05) is 23.6 Å². The fraction of sp³-hybridized carbons (Fsp3) is 0.412. The molecule has 1 saturated carbocycles. The lowest BCUT2D eigenvalue weighted by molar-refractivity contribution is 0.0725. The Morgan fingerprint density at radius 1 is 1.27 bits per heavy atom. The van der Waals surface area contributed by atoms with Gasteiger partial charge >= 0.3 is 0 Å². The standard InChI is InChI=1S/C17H17ClN2O2/c18-13-5-2-1-4-12(13)15-6-3-9-20(15)17(21)14-10-16(22-19-14)11-7-8-11/h1-2,4-5,10-11,15H,3,6-9H2. The van der Waals surface area contributed by atoms with Gasteiger partial charge in [-0.3, -0.25) is 4.79 Å². The van der Waals surface area contributed by atoms with E-state index in [1.165, 1.54) is 0 Å². The van der Waals surface area contributed by atoms with Crippen LogP contribution in [0.4, 0.5) is 0 Å². The lowest BCUT2D eigenvalue weighted by Crippen LogP contribution is -2.30. The largest absolute Gasteiger partial charge is 0.360 e. The van der Waals surface area contributed by atoms with Crippen molar-refractivity contribution in [2.24, 2.45) is 0 Å². The minimum Gasteiger partial charge on any atom is -0.360 e. The van der Waals surface area contributed by atoms with Gasteiger partial charge in [-0.2, -0.15) is 0 Å². The molecule has 0 bridgehead atoms. The molecule has 0 radical (unpaired) electrons. The SMILES string of the molecule is O=C(c1cc(C2CC2)on1)N1CCCC1c1ccccc1Cl. The van der Waals surface area contributed by atoms with Gasteiger partial charge in [-0.05, 0) is 37.3 Å². The van der Waals surface area contributed by atoms with E-state index in [0.717, 1.165) is 43.6 Å². The van der Waals surface area contributed by atoms with Crippen LogP contribution in [-0.2, 0) is 0 Å². The molecule has 5 heteroatoms. The number of carbonyl (C=O) groups is 1. The molecular weight excluding hydrogens is 300 g/mol. The molecule has 1 amide bonds. The minimum atomic E-state index is -0.0573. The van der Waals surface area contributed by atoms with E-state index in [1.54, 1.807) is 0 Å². The van der Waals surface area contributed by atoms with Gasteiger partial charge in [0.2, 0.25) is 0 Å². The second-order valence-corrected chi connectivity index (χ2v) is 6.47. The van der Waals surface area contributed by atoms with Crippen LogP contribution in [-0.4, -0.2) is 22.5 Å². The van der Waals surface area contributed by atoms with Crippen LogP contribution in [0.15, 0.2) is 34.9 Å². The Balaban J connectivity index is 1.59. The molecule has 1 aliphatic carbocycles. The summed E-state index contributed by atoms with van der Waals surface area (Å²) < 4.78 is 5.31. The van der Waals surface area contributed by atoms with Crippen molar-refractivity contribution >= 4 is 17.5 Å². The summed E-state index contributed by atoms with van der Waals surface area (Å²) >= 11 is 6.30. The number of nitrogens with zero attached hydrogens (tertiary/aromatic N) is 2. The number of amides is 1. The molecule has 0 spiro atoms. The maximum atomic E-state index is 12.8. The maximum Gasteiger partial charge on any atom is 0.276 e. The van der Waals surface area contributed by atoms with E-state index in [0.29, 0.717) is 16.6 Å². The van der Waals surface area contributed by atoms with E-state index in [9.17, 15) is 4.79 Å². The van der Waals surface area contributed by atoms with Gasteiger partial charge in [-0.25, -0.2) is 0 Å². The van der Waals surface area contributed by atoms with Gasteiger partial charge in [0.05, 0.1) is 6.04 Å². The number of halogens is 1. The van der Waals surface area contributed by atoms with Crippen molar-refractivity contribution in [3.8, 4) is 0 Å². The van der Waals surface area contributed by atoms with Crippen molar-refractivity contribution in [1.82, 2.24) is 10.1 Å². The van der Waals surface area contributed by atoms with E-state index in [2.05, 4.69) is 5.16 Å². The van der Waals surface area contributed by atoms with E-state index in [1.807, 2.05) is 35.2 Å². The van der Waals surface area contributed by atoms with E-state index >= 15 is 0 Å². The molecule has 1 unspecified atom stereocenters. The quantitative estimate of drug-likeness (QED) is 0.853. The predicted octanol–water partition coefficient (Wildman–Crippen LogP) is 4.18. The Morgan fingerprint density at radius 3 is 2.86 bits per heavy atom. The third kappa shape index (κ3) is 2.41. The van der Waals surface area contributed by atoms with Crippen LogP contribution in [0.5, 0.6) is 0 Å². The molecular formula is C17H17ClN2O2. The fourth-order valence-electron chi connectivity index (χ4n) is 3.18. The molecule has 2 aliphatic rings. The third-order valence-corrected chi connectivity index (χ3v) is 4.85. The average molecular weight is 317 g/mol. The molecule has 1 aromatic heterocycles. The first-order chi connectivity index (χ1) is 10.7. The molecule has 1 aliphatic heterocycles. The summed E-state index contributed by atoms with van der Waals surface area (Å²) in [7, 11) is 0. The zero-order valence-electron chi connectivity index (χ0n) is 12.2. The Labute approximate surface area is 134 Å². The van der Waals surface area contributed by atoms with Crippen LogP contribution < -0.4 is 0 Å². The summed E-state index contributed by atoms with van der Waals surface area (Å²) in [5, 5.41) is 4.69. The van der Waals surface area contributed by atoms with E-state index in [4.69, 9.17) is 16.1 Å². The summed E-state index contributed by atoms with van der Waals surface area (Å²) in [6, 6.07) is 9.58. The molecule has 4 rings (SSSR count). The summed E-state index contributed by atoms with van der Waals surface area (Å²) in [6.45, 7) is 0.736. The Kier molecular flexibility index (Phi) is 3.41. The highest BCUT2D eigenvalue weighted by atomic mass is 35.5. The van der Waals surface area contributed by atoms with Crippen LogP contribution in [0.1, 0.15) is 59.5 Å². The first-order valence-corrected chi connectivity index (χ1v) is 8.14. The maximum absolute atomic E-state index is 12.8. The smallest absolute Gasteiger partial charge is 0.276 e. The van der Waals surface area contributed by atoms with E-state index < -0.39 is 0 Å². The molecule has 2 fully saturated rings. The highest BCUT2D eigenvalue weighted by Crippen LogP contribution is 2.41. The van der Waals surface area contributed by atoms with Gasteiger partial charge in [0.25, 0.3) is 5.91 Å². The number of likely N-dealkylation sites (tertiary alicyclic amines) is 1. The van der Waals surface area contributed by atoms with Crippen molar-refractivity contribution in [2.45, 2.75) is 37.6 Å². The molecule has 22 heavy (non-hydrogen) atoms. The van der Waals surface area contributed by atoms with Crippen molar-refractivity contribution in [3.63, 3.8) is 0 Å². The minimum absolute atomic E-state index is 0.0299. The number of carbonyl (C=O) groups excluding carboxylic acids is 1. The number of benzene rings is 1. The summed E-state index contributed by atoms with van der Waals surface area (Å²) in [5.41, 5.74) is 1.43. The third-order valence-electron chi connectivity index (χ3n) is 4.51.